The van der Waals surface area contributed by atoms with Gasteiger partial charge in [-0.25, -0.2) is 4.79 Å². The Morgan fingerprint density at radius 3 is 2.65 bits per heavy atom. The summed E-state index contributed by atoms with van der Waals surface area (Å²) in [7, 11) is 0. The number of piperidine rings is 1. The first-order chi connectivity index (χ1) is 12.6. The molecule has 0 bridgehead atoms. The number of hydrogen-bond donors (Lipinski definition) is 1. The van der Waals surface area contributed by atoms with Gasteiger partial charge in [-0.05, 0) is 25.3 Å². The Kier molecular flexibility index (Phi) is 5.59. The van der Waals surface area contributed by atoms with Gasteiger partial charge in [0.05, 0.1) is 13.1 Å². The highest BCUT2D eigenvalue weighted by Gasteiger charge is 2.21. The molecule has 1 atom stereocenters. The molecular formula is C20H24N4O2. The molecule has 0 amide bonds. The molecule has 2 aromatic rings. The van der Waals surface area contributed by atoms with Crippen LogP contribution in [-0.2, 0) is 13.1 Å². The first-order valence-electron chi connectivity index (χ1n) is 8.89. The van der Waals surface area contributed by atoms with Gasteiger partial charge in [0.2, 0.25) is 0 Å². The van der Waals surface area contributed by atoms with Crippen LogP contribution in [0.4, 0.5) is 5.82 Å². The molecule has 6 heteroatoms. The van der Waals surface area contributed by atoms with Crippen LogP contribution in [0.3, 0.4) is 0 Å². The Labute approximate surface area is 152 Å². The molecule has 1 aliphatic rings. The van der Waals surface area contributed by atoms with Crippen molar-refractivity contribution in [3.63, 3.8) is 0 Å². The largest absolute Gasteiger partial charge is 0.356 e. The molecule has 2 heterocycles. The lowest BCUT2D eigenvalue weighted by Crippen LogP contribution is -2.48. The summed E-state index contributed by atoms with van der Waals surface area (Å²) in [6, 6.07) is 11.1. The molecule has 3 rings (SSSR count). The Morgan fingerprint density at radius 1 is 1.19 bits per heavy atom. The molecule has 1 aromatic heterocycles. The van der Waals surface area contributed by atoms with E-state index in [0.717, 1.165) is 24.9 Å². The van der Waals surface area contributed by atoms with Crippen LogP contribution in [0.15, 0.2) is 46.0 Å². The van der Waals surface area contributed by atoms with Crippen molar-refractivity contribution in [1.29, 1.82) is 0 Å². The van der Waals surface area contributed by atoms with E-state index in [4.69, 9.17) is 5.73 Å². The van der Waals surface area contributed by atoms with Gasteiger partial charge >= 0.3 is 5.69 Å². The van der Waals surface area contributed by atoms with Gasteiger partial charge in [0.25, 0.3) is 5.56 Å². The molecule has 26 heavy (non-hydrogen) atoms. The number of aromatic nitrogens is 2. The van der Waals surface area contributed by atoms with Crippen LogP contribution in [0.25, 0.3) is 0 Å². The molecule has 136 valence electrons. The maximum atomic E-state index is 13.0. The molecule has 0 saturated carbocycles. The van der Waals surface area contributed by atoms with E-state index in [1.54, 1.807) is 17.6 Å². The van der Waals surface area contributed by atoms with Gasteiger partial charge in [-0.1, -0.05) is 36.3 Å². The normalized spacial score (nSPS) is 16.8. The first-order valence-corrected chi connectivity index (χ1v) is 8.89. The number of anilines is 1. The fraction of sp³-hybridized carbons (Fsp3) is 0.400. The van der Waals surface area contributed by atoms with E-state index < -0.39 is 0 Å². The molecule has 1 saturated heterocycles. The lowest BCUT2D eigenvalue weighted by atomic mass is 10.1. The maximum absolute atomic E-state index is 13.0. The molecular weight excluding hydrogens is 328 g/mol. The molecule has 6 nitrogen and oxygen atoms in total. The van der Waals surface area contributed by atoms with Crippen molar-refractivity contribution in [2.45, 2.75) is 38.9 Å². The van der Waals surface area contributed by atoms with Gasteiger partial charge < -0.3 is 10.6 Å². The minimum Gasteiger partial charge on any atom is -0.356 e. The summed E-state index contributed by atoms with van der Waals surface area (Å²) < 4.78 is 2.85. The van der Waals surface area contributed by atoms with Crippen LogP contribution in [0.5, 0.6) is 0 Å². The van der Waals surface area contributed by atoms with E-state index in [1.165, 1.54) is 4.57 Å². The fourth-order valence-corrected chi connectivity index (χ4v) is 3.30. The highest BCUT2D eigenvalue weighted by molar-refractivity contribution is 5.40. The van der Waals surface area contributed by atoms with E-state index in [9.17, 15) is 9.59 Å². The van der Waals surface area contributed by atoms with E-state index in [1.807, 2.05) is 35.2 Å². The van der Waals surface area contributed by atoms with E-state index in [0.29, 0.717) is 12.4 Å². The minimum absolute atomic E-state index is 0.0521. The minimum atomic E-state index is -0.335. The monoisotopic (exact) mass is 352 g/mol. The van der Waals surface area contributed by atoms with Gasteiger partial charge in [-0.2, -0.15) is 0 Å². The summed E-state index contributed by atoms with van der Waals surface area (Å²) in [5, 5.41) is 0. The van der Waals surface area contributed by atoms with E-state index in [2.05, 4.69) is 11.8 Å². The van der Waals surface area contributed by atoms with Gasteiger partial charge in [0, 0.05) is 25.2 Å². The zero-order valence-electron chi connectivity index (χ0n) is 15.0. The lowest BCUT2D eigenvalue weighted by molar-refractivity contribution is 0.491. The van der Waals surface area contributed by atoms with Crippen LogP contribution in [0, 0.1) is 11.8 Å². The van der Waals surface area contributed by atoms with Gasteiger partial charge in [-0.3, -0.25) is 13.9 Å². The van der Waals surface area contributed by atoms with Crippen molar-refractivity contribution in [1.82, 2.24) is 9.13 Å². The Bertz CT molecular complexity index is 934. The second kappa shape index (κ2) is 8.07. The molecule has 0 radical (unpaired) electrons. The van der Waals surface area contributed by atoms with Crippen LogP contribution >= 0.6 is 0 Å². The Morgan fingerprint density at radius 2 is 1.96 bits per heavy atom. The number of nitrogens with two attached hydrogens (primary N) is 1. The van der Waals surface area contributed by atoms with Crippen molar-refractivity contribution in [2.24, 2.45) is 5.73 Å². The van der Waals surface area contributed by atoms with E-state index in [-0.39, 0.29) is 30.4 Å². The predicted molar refractivity (Wildman–Crippen MR) is 103 cm³/mol. The highest BCUT2D eigenvalue weighted by Crippen LogP contribution is 2.17. The SMILES string of the molecule is CC#CCn1c(N2CCC[C@@H](N)C2)cc(=O)n(Cc2ccccc2)c1=O. The summed E-state index contributed by atoms with van der Waals surface area (Å²) in [5.74, 6) is 6.39. The second-order valence-electron chi connectivity index (χ2n) is 6.56. The van der Waals surface area contributed by atoms with Crippen LogP contribution in [0.2, 0.25) is 0 Å². The summed E-state index contributed by atoms with van der Waals surface area (Å²) >= 11 is 0. The van der Waals surface area contributed by atoms with E-state index >= 15 is 0 Å². The van der Waals surface area contributed by atoms with Crippen molar-refractivity contribution in [3.05, 3.63) is 62.8 Å². The van der Waals surface area contributed by atoms with Crippen LogP contribution in [-0.4, -0.2) is 28.3 Å². The molecule has 2 N–H and O–H groups in total. The third kappa shape index (κ3) is 3.89. The van der Waals surface area contributed by atoms with Gasteiger partial charge in [0.15, 0.2) is 0 Å². The number of nitrogens with zero attached hydrogens (tertiary/aromatic N) is 3. The highest BCUT2D eigenvalue weighted by atomic mass is 16.2. The number of hydrogen-bond acceptors (Lipinski definition) is 4. The standard InChI is InChI=1S/C20H24N4O2/c1-2-3-12-23-18(22-11-7-10-17(21)15-22)13-19(25)24(20(23)26)14-16-8-5-4-6-9-16/h4-6,8-9,13,17H,7,10-12,14-15,21H2,1H3/t17-/m1/s1. The topological polar surface area (TPSA) is 73.3 Å². The zero-order valence-corrected chi connectivity index (χ0v) is 15.0. The Balaban J connectivity index is 2.06. The van der Waals surface area contributed by atoms with Crippen molar-refractivity contribution < 1.29 is 0 Å². The smallest absolute Gasteiger partial charge is 0.333 e. The average molecular weight is 352 g/mol. The maximum Gasteiger partial charge on any atom is 0.333 e. The summed E-state index contributed by atoms with van der Waals surface area (Å²) in [4.78, 5) is 27.7. The van der Waals surface area contributed by atoms with Gasteiger partial charge in [0.1, 0.15) is 5.82 Å². The lowest BCUT2D eigenvalue weighted by Gasteiger charge is -2.33. The fourth-order valence-electron chi connectivity index (χ4n) is 3.30. The number of rotatable bonds is 4. The van der Waals surface area contributed by atoms with Crippen LogP contribution < -0.4 is 21.9 Å². The molecule has 0 aliphatic carbocycles. The third-order valence-electron chi connectivity index (χ3n) is 4.64. The Hall–Kier alpha value is -2.78. The molecule has 1 aliphatic heterocycles. The van der Waals surface area contributed by atoms with Crippen molar-refractivity contribution in [3.8, 4) is 11.8 Å². The third-order valence-corrected chi connectivity index (χ3v) is 4.64. The number of benzene rings is 1. The van der Waals surface area contributed by atoms with Crippen molar-refractivity contribution in [2.75, 3.05) is 18.0 Å². The molecule has 1 fully saturated rings. The quantitative estimate of drug-likeness (QED) is 0.834. The molecule has 0 unspecified atom stereocenters. The first kappa shape index (κ1) is 18.0. The summed E-state index contributed by atoms with van der Waals surface area (Å²) in [6.07, 6.45) is 1.91. The zero-order chi connectivity index (χ0) is 18.5. The summed E-state index contributed by atoms with van der Waals surface area (Å²) in [6.45, 7) is 3.67. The molecule has 0 spiro atoms. The second-order valence-corrected chi connectivity index (χ2v) is 6.56. The molecule has 1 aromatic carbocycles. The van der Waals surface area contributed by atoms with Crippen LogP contribution in [0.1, 0.15) is 25.3 Å². The van der Waals surface area contributed by atoms with Crippen molar-refractivity contribution >= 4 is 5.82 Å². The average Bonchev–Trinajstić information content (AvgIpc) is 2.65. The predicted octanol–water partition coefficient (Wildman–Crippen LogP) is 1.01. The summed E-state index contributed by atoms with van der Waals surface area (Å²) in [5.41, 5.74) is 6.36. The van der Waals surface area contributed by atoms with Gasteiger partial charge in [-0.15, -0.1) is 5.92 Å².